The Morgan fingerprint density at radius 2 is 1.04 bits per heavy atom. The monoisotopic (exact) mass is 972 g/mol. The molecule has 1 fully saturated rings. The largest absolute Gasteiger partial charge is 0.454 e. The van der Waals surface area contributed by atoms with Gasteiger partial charge in [-0.2, -0.15) is 0 Å². The van der Waals surface area contributed by atoms with Crippen molar-refractivity contribution in [2.24, 2.45) is 0 Å². The minimum absolute atomic E-state index is 0.119. The Morgan fingerprint density at radius 3 is 1.57 bits per heavy atom. The van der Waals surface area contributed by atoms with Gasteiger partial charge in [0.15, 0.2) is 12.4 Å². The lowest BCUT2D eigenvalue weighted by Crippen LogP contribution is -2.61. The van der Waals surface area contributed by atoms with Crippen molar-refractivity contribution in [3.05, 3.63) is 72.9 Å². The number of allylic oxidation sites excluding steroid dienone is 11. The van der Waals surface area contributed by atoms with E-state index in [4.69, 9.17) is 14.2 Å². The molecule has 11 heteroatoms. The zero-order valence-corrected chi connectivity index (χ0v) is 43.7. The summed E-state index contributed by atoms with van der Waals surface area (Å²) >= 11 is 0. The van der Waals surface area contributed by atoms with Crippen LogP contribution in [0.15, 0.2) is 72.9 Å². The van der Waals surface area contributed by atoms with Crippen LogP contribution in [0.5, 0.6) is 0 Å². The summed E-state index contributed by atoms with van der Waals surface area (Å²) in [5.74, 6) is -1.23. The van der Waals surface area contributed by atoms with E-state index in [-0.39, 0.29) is 19.4 Å². The van der Waals surface area contributed by atoms with Gasteiger partial charge >= 0.3 is 5.97 Å². The van der Waals surface area contributed by atoms with Crippen LogP contribution >= 0.6 is 0 Å². The highest BCUT2D eigenvalue weighted by Crippen LogP contribution is 2.26. The maximum absolute atomic E-state index is 13.3. The smallest absolute Gasteiger partial charge is 0.306 e. The van der Waals surface area contributed by atoms with Gasteiger partial charge in [0.1, 0.15) is 24.4 Å². The molecular formula is C58H101NO10. The Bertz CT molecular complexity index is 1390. The van der Waals surface area contributed by atoms with Crippen molar-refractivity contribution in [3.8, 4) is 0 Å². The zero-order valence-electron chi connectivity index (χ0n) is 43.7. The molecule has 0 bridgehead atoms. The first kappa shape index (κ1) is 64.1. The number of aliphatic hydroxyl groups is 5. The van der Waals surface area contributed by atoms with Crippen LogP contribution < -0.4 is 5.32 Å². The normalized spacial score (nSPS) is 20.4. The number of aliphatic hydroxyl groups excluding tert-OH is 5. The van der Waals surface area contributed by atoms with E-state index in [1.807, 2.05) is 6.08 Å². The average Bonchev–Trinajstić information content (AvgIpc) is 3.34. The molecule has 0 aromatic rings. The molecule has 1 heterocycles. The molecular weight excluding hydrogens is 871 g/mol. The number of nitrogens with one attached hydrogen (secondary N) is 1. The molecule has 0 aromatic carbocycles. The number of rotatable bonds is 45. The second-order valence-corrected chi connectivity index (χ2v) is 18.9. The van der Waals surface area contributed by atoms with Crippen LogP contribution in [0.3, 0.4) is 0 Å². The second kappa shape index (κ2) is 46.2. The lowest BCUT2D eigenvalue weighted by atomic mass is 9.99. The molecule has 1 aliphatic rings. The summed E-state index contributed by atoms with van der Waals surface area (Å²) in [6.07, 6.45) is 46.7. The van der Waals surface area contributed by atoms with Crippen molar-refractivity contribution in [2.45, 2.75) is 269 Å². The molecule has 1 amide bonds. The van der Waals surface area contributed by atoms with Gasteiger partial charge in [-0.15, -0.1) is 0 Å². The third-order valence-electron chi connectivity index (χ3n) is 12.6. The minimum atomic E-state index is -1.62. The predicted octanol–water partition coefficient (Wildman–Crippen LogP) is 12.1. The number of amides is 1. The number of hydrogen-bond acceptors (Lipinski definition) is 10. The molecule has 8 atom stereocenters. The van der Waals surface area contributed by atoms with Crippen LogP contribution in [0.1, 0.15) is 220 Å². The van der Waals surface area contributed by atoms with Crippen molar-refractivity contribution in [2.75, 3.05) is 13.2 Å². The molecule has 0 aromatic heterocycles. The fraction of sp³-hybridized carbons (Fsp3) is 0.759. The quantitative estimate of drug-likeness (QED) is 0.0196. The number of hydrogen-bond donors (Lipinski definition) is 6. The average molecular weight is 972 g/mol. The van der Waals surface area contributed by atoms with Gasteiger partial charge in [0.25, 0.3) is 0 Å². The highest BCUT2D eigenvalue weighted by molar-refractivity contribution is 5.80. The van der Waals surface area contributed by atoms with E-state index in [0.29, 0.717) is 12.8 Å². The van der Waals surface area contributed by atoms with Gasteiger partial charge in [0, 0.05) is 6.42 Å². The van der Waals surface area contributed by atoms with Crippen molar-refractivity contribution >= 4 is 11.9 Å². The number of carbonyl (C=O) groups is 2. The van der Waals surface area contributed by atoms with Crippen molar-refractivity contribution < 1.29 is 49.3 Å². The Labute approximate surface area is 420 Å². The fourth-order valence-corrected chi connectivity index (χ4v) is 8.21. The van der Waals surface area contributed by atoms with Gasteiger partial charge in [-0.25, -0.2) is 0 Å². The van der Waals surface area contributed by atoms with Crippen molar-refractivity contribution in [3.63, 3.8) is 0 Å². The minimum Gasteiger partial charge on any atom is -0.454 e. The first-order valence-corrected chi connectivity index (χ1v) is 27.7. The van der Waals surface area contributed by atoms with E-state index >= 15 is 0 Å². The van der Waals surface area contributed by atoms with E-state index in [9.17, 15) is 35.1 Å². The number of unbranched alkanes of at least 4 members (excludes halogenated alkanes) is 21. The van der Waals surface area contributed by atoms with E-state index in [1.54, 1.807) is 6.08 Å². The number of esters is 1. The summed E-state index contributed by atoms with van der Waals surface area (Å²) in [5.41, 5.74) is 0. The molecule has 0 aliphatic carbocycles. The maximum atomic E-state index is 13.3. The Balaban J connectivity index is 2.77. The summed E-state index contributed by atoms with van der Waals surface area (Å²) in [7, 11) is 0. The molecule has 398 valence electrons. The first-order chi connectivity index (χ1) is 33.7. The Kier molecular flexibility index (Phi) is 42.9. The number of carbonyl (C=O) groups excluding carboxylic acids is 2. The van der Waals surface area contributed by atoms with Gasteiger partial charge < -0.3 is 45.1 Å². The molecule has 1 saturated heterocycles. The summed E-state index contributed by atoms with van der Waals surface area (Å²) in [6.45, 7) is 5.61. The summed E-state index contributed by atoms with van der Waals surface area (Å²) in [5, 5.41) is 56.6. The van der Waals surface area contributed by atoms with E-state index in [1.165, 1.54) is 83.5 Å². The Hall–Kier alpha value is -2.90. The van der Waals surface area contributed by atoms with Crippen LogP contribution in [0.25, 0.3) is 0 Å². The topological polar surface area (TPSA) is 175 Å². The van der Waals surface area contributed by atoms with Crippen molar-refractivity contribution in [1.82, 2.24) is 5.32 Å². The lowest BCUT2D eigenvalue weighted by Gasteiger charge is -2.41. The van der Waals surface area contributed by atoms with Crippen LogP contribution in [-0.4, -0.2) is 99.6 Å². The Morgan fingerprint density at radius 1 is 0.580 bits per heavy atom. The third kappa shape index (κ3) is 35.0. The van der Waals surface area contributed by atoms with E-state index in [0.717, 1.165) is 89.9 Å². The predicted molar refractivity (Wildman–Crippen MR) is 283 cm³/mol. The highest BCUT2D eigenvalue weighted by atomic mass is 16.7. The highest BCUT2D eigenvalue weighted by Gasteiger charge is 2.47. The van der Waals surface area contributed by atoms with Gasteiger partial charge in [0.05, 0.1) is 25.4 Å². The van der Waals surface area contributed by atoms with Crippen LogP contribution in [0, 0.1) is 0 Å². The van der Waals surface area contributed by atoms with Gasteiger partial charge in [-0.1, -0.05) is 216 Å². The fourth-order valence-electron chi connectivity index (χ4n) is 8.21. The van der Waals surface area contributed by atoms with E-state index in [2.05, 4.69) is 86.8 Å². The van der Waals surface area contributed by atoms with Gasteiger partial charge in [-0.05, 0) is 70.6 Å². The van der Waals surface area contributed by atoms with Crippen LogP contribution in [-0.2, 0) is 23.8 Å². The third-order valence-corrected chi connectivity index (χ3v) is 12.6. The van der Waals surface area contributed by atoms with Gasteiger partial charge in [-0.3, -0.25) is 9.59 Å². The standard InChI is InChI=1S/C58H101NO10/c1-4-7-10-13-16-19-22-23-24-25-26-27-28-31-33-36-39-42-45-51(62)57(66)59-49(50(61)44-41-38-35-32-29-20-17-14-11-8-5-2)48-67-58-56(55(65)54(64)52(47-60)68-58)69-53(63)46-43-40-37-34-30-21-18-15-12-9-6-3/h7,10,16,19,23-24,26-27,31,33,41,44,49-52,54-56,58,60-62,64-65H,4-6,8-9,11-15,17-18,20-22,25,28-30,32,34-40,42-43,45-48H2,1-3H3,(H,59,66)/b10-7-,19-16-,24-23-,27-26-,33-31-,44-41+. The molecule has 1 rings (SSSR count). The van der Waals surface area contributed by atoms with Crippen LogP contribution in [0.2, 0.25) is 0 Å². The summed E-state index contributed by atoms with van der Waals surface area (Å²) in [6, 6.07) is -1.04. The summed E-state index contributed by atoms with van der Waals surface area (Å²) < 4.78 is 17.5. The first-order valence-electron chi connectivity index (χ1n) is 27.7. The van der Waals surface area contributed by atoms with Gasteiger partial charge in [0.2, 0.25) is 5.91 Å². The molecule has 0 radical (unpaired) electrons. The molecule has 8 unspecified atom stereocenters. The molecule has 0 saturated carbocycles. The maximum Gasteiger partial charge on any atom is 0.306 e. The molecule has 69 heavy (non-hydrogen) atoms. The molecule has 0 spiro atoms. The lowest BCUT2D eigenvalue weighted by molar-refractivity contribution is -0.305. The van der Waals surface area contributed by atoms with Crippen molar-refractivity contribution in [1.29, 1.82) is 0 Å². The molecule has 6 N–H and O–H groups in total. The SMILES string of the molecule is CC/C=C\C/C=C\C/C=C\C/C=C\C/C=C\CCCCC(O)C(=O)NC(COC1OC(CO)C(O)C(O)C1OC(=O)CCCCCCCCCCCCC)C(O)/C=C/CCCCCCCCCCC. The molecule has 11 nitrogen and oxygen atoms in total. The number of ether oxygens (including phenoxy) is 3. The summed E-state index contributed by atoms with van der Waals surface area (Å²) in [4.78, 5) is 26.4. The molecule has 1 aliphatic heterocycles. The second-order valence-electron chi connectivity index (χ2n) is 18.9. The zero-order chi connectivity index (χ0) is 50.4. The van der Waals surface area contributed by atoms with E-state index < -0.39 is 67.4 Å². The van der Waals surface area contributed by atoms with Crippen LogP contribution in [0.4, 0.5) is 0 Å².